The number of rotatable bonds is 6. The van der Waals surface area contributed by atoms with Crippen LogP contribution in [-0.4, -0.2) is 23.5 Å². The number of amides is 1. The number of hydrogen-bond donors (Lipinski definition) is 3. The minimum Gasteiger partial charge on any atom is -0.478 e. The monoisotopic (exact) mass is 328 g/mol. The number of hydrogen-bond acceptors (Lipinski definition) is 3. The van der Waals surface area contributed by atoms with E-state index in [1.54, 1.807) is 12.1 Å². The van der Waals surface area contributed by atoms with Crippen molar-refractivity contribution in [2.75, 3.05) is 11.9 Å². The predicted octanol–water partition coefficient (Wildman–Crippen LogP) is 2.46. The molecular weight excluding hydrogens is 312 g/mol. The Kier molecular flexibility index (Phi) is 5.98. The molecule has 1 rings (SSSR count). The van der Waals surface area contributed by atoms with Gasteiger partial charge in [-0.2, -0.15) is 0 Å². The number of carbonyl (C=O) groups excluding carboxylic acids is 1. The zero-order valence-corrected chi connectivity index (χ0v) is 12.2. The van der Waals surface area contributed by atoms with Crippen molar-refractivity contribution in [1.82, 2.24) is 0 Å². The van der Waals surface area contributed by atoms with E-state index >= 15 is 0 Å². The van der Waals surface area contributed by atoms with Crippen LogP contribution in [0.2, 0.25) is 0 Å². The summed E-state index contributed by atoms with van der Waals surface area (Å²) in [7, 11) is 0. The second-order valence-corrected chi connectivity index (χ2v) is 5.12. The van der Waals surface area contributed by atoms with Crippen LogP contribution in [0, 0.1) is 5.92 Å². The molecule has 0 spiro atoms. The number of carboxylic acid groups (broad SMARTS) is 1. The summed E-state index contributed by atoms with van der Waals surface area (Å²) in [6, 6.07) is 4.69. The number of carboxylic acids is 1. The average molecular weight is 329 g/mol. The Labute approximate surface area is 120 Å². The molecule has 0 fully saturated rings. The molecule has 0 aliphatic rings. The van der Waals surface area contributed by atoms with E-state index in [4.69, 9.17) is 10.8 Å². The second kappa shape index (κ2) is 7.25. The number of carbonyl (C=O) groups is 2. The van der Waals surface area contributed by atoms with Gasteiger partial charge in [0.25, 0.3) is 0 Å². The molecule has 0 aliphatic carbocycles. The third kappa shape index (κ3) is 4.33. The minimum absolute atomic E-state index is 0.0509. The lowest BCUT2D eigenvalue weighted by Gasteiger charge is -2.15. The van der Waals surface area contributed by atoms with Crippen LogP contribution >= 0.6 is 15.9 Å². The van der Waals surface area contributed by atoms with Gasteiger partial charge in [0.05, 0.1) is 17.2 Å². The van der Waals surface area contributed by atoms with Crippen LogP contribution in [-0.2, 0) is 4.79 Å². The zero-order chi connectivity index (χ0) is 14.4. The van der Waals surface area contributed by atoms with Crippen molar-refractivity contribution in [2.24, 2.45) is 11.7 Å². The highest BCUT2D eigenvalue weighted by molar-refractivity contribution is 9.10. The van der Waals surface area contributed by atoms with Gasteiger partial charge in [-0.3, -0.25) is 4.79 Å². The van der Waals surface area contributed by atoms with Crippen molar-refractivity contribution >= 4 is 33.5 Å². The van der Waals surface area contributed by atoms with E-state index in [2.05, 4.69) is 21.2 Å². The maximum atomic E-state index is 12.0. The molecule has 1 unspecified atom stereocenters. The summed E-state index contributed by atoms with van der Waals surface area (Å²) >= 11 is 3.20. The first-order valence-electron chi connectivity index (χ1n) is 6.03. The molecule has 0 radical (unpaired) electrons. The van der Waals surface area contributed by atoms with Crippen LogP contribution < -0.4 is 11.1 Å². The van der Waals surface area contributed by atoms with Crippen LogP contribution in [0.15, 0.2) is 22.7 Å². The number of benzene rings is 1. The third-order valence-corrected chi connectivity index (χ3v) is 3.26. The lowest BCUT2D eigenvalue weighted by Crippen LogP contribution is -2.29. The number of anilines is 1. The van der Waals surface area contributed by atoms with Crippen molar-refractivity contribution in [1.29, 1.82) is 0 Å². The maximum Gasteiger partial charge on any atom is 0.337 e. The third-order valence-electron chi connectivity index (χ3n) is 2.76. The first-order chi connectivity index (χ1) is 8.99. The number of halogens is 1. The fourth-order valence-electron chi connectivity index (χ4n) is 1.74. The van der Waals surface area contributed by atoms with Gasteiger partial charge in [-0.1, -0.05) is 29.3 Å². The SMILES string of the molecule is CCCC(CN)C(=O)Nc1ccc(Br)cc1C(=O)O. The average Bonchev–Trinajstić information content (AvgIpc) is 2.37. The Morgan fingerprint density at radius 3 is 2.68 bits per heavy atom. The fourth-order valence-corrected chi connectivity index (χ4v) is 2.10. The summed E-state index contributed by atoms with van der Waals surface area (Å²) < 4.78 is 0.645. The number of nitrogens with one attached hydrogen (secondary N) is 1. The van der Waals surface area contributed by atoms with Crippen LogP contribution in [0.3, 0.4) is 0 Å². The molecule has 0 aliphatic heterocycles. The van der Waals surface area contributed by atoms with Crippen molar-refractivity contribution in [3.8, 4) is 0 Å². The van der Waals surface area contributed by atoms with Gasteiger partial charge in [0.15, 0.2) is 0 Å². The molecule has 1 aromatic rings. The summed E-state index contributed by atoms with van der Waals surface area (Å²) in [5, 5.41) is 11.7. The summed E-state index contributed by atoms with van der Waals surface area (Å²) in [6.07, 6.45) is 1.53. The molecule has 6 heteroatoms. The molecule has 104 valence electrons. The Bertz CT molecular complexity index is 477. The smallest absolute Gasteiger partial charge is 0.337 e. The molecule has 5 nitrogen and oxygen atoms in total. The molecule has 0 heterocycles. The second-order valence-electron chi connectivity index (χ2n) is 4.21. The largest absolute Gasteiger partial charge is 0.478 e. The Morgan fingerprint density at radius 2 is 2.16 bits per heavy atom. The van der Waals surface area contributed by atoms with Crippen molar-refractivity contribution in [2.45, 2.75) is 19.8 Å². The molecule has 1 aromatic carbocycles. The van der Waals surface area contributed by atoms with E-state index in [0.29, 0.717) is 10.9 Å². The molecule has 19 heavy (non-hydrogen) atoms. The normalized spacial score (nSPS) is 11.9. The number of aromatic carboxylic acids is 1. The van der Waals surface area contributed by atoms with E-state index in [1.807, 2.05) is 6.92 Å². The van der Waals surface area contributed by atoms with E-state index in [0.717, 1.165) is 6.42 Å². The van der Waals surface area contributed by atoms with Crippen molar-refractivity contribution in [3.63, 3.8) is 0 Å². The van der Waals surface area contributed by atoms with Gasteiger partial charge >= 0.3 is 5.97 Å². The van der Waals surface area contributed by atoms with Gasteiger partial charge in [0.2, 0.25) is 5.91 Å². The zero-order valence-electron chi connectivity index (χ0n) is 10.6. The van der Waals surface area contributed by atoms with Crippen LogP contribution in [0.5, 0.6) is 0 Å². The summed E-state index contributed by atoms with van der Waals surface area (Å²) in [5.74, 6) is -1.62. The molecule has 4 N–H and O–H groups in total. The maximum absolute atomic E-state index is 12.0. The molecule has 0 saturated carbocycles. The topological polar surface area (TPSA) is 92.4 Å². The standard InChI is InChI=1S/C13H17BrN2O3/c1-2-3-8(7-15)12(17)16-11-5-4-9(14)6-10(11)13(18)19/h4-6,8H,2-3,7,15H2,1H3,(H,16,17)(H,18,19). The first-order valence-corrected chi connectivity index (χ1v) is 6.82. The highest BCUT2D eigenvalue weighted by Crippen LogP contribution is 2.22. The van der Waals surface area contributed by atoms with Gasteiger partial charge in [-0.15, -0.1) is 0 Å². The summed E-state index contributed by atoms with van der Waals surface area (Å²) in [4.78, 5) is 23.1. The minimum atomic E-state index is -1.09. The van der Waals surface area contributed by atoms with Crippen LogP contribution in [0.1, 0.15) is 30.1 Å². The highest BCUT2D eigenvalue weighted by Gasteiger charge is 2.18. The molecule has 0 aromatic heterocycles. The van der Waals surface area contributed by atoms with E-state index in [1.165, 1.54) is 6.07 Å². The first kappa shape index (κ1) is 15.7. The van der Waals surface area contributed by atoms with Gasteiger partial charge in [0, 0.05) is 11.0 Å². The summed E-state index contributed by atoms with van der Waals surface area (Å²) in [5.41, 5.74) is 5.89. The Morgan fingerprint density at radius 1 is 1.47 bits per heavy atom. The van der Waals surface area contributed by atoms with Crippen molar-refractivity contribution < 1.29 is 14.7 Å². The van der Waals surface area contributed by atoms with Crippen LogP contribution in [0.4, 0.5) is 5.69 Å². The Balaban J connectivity index is 2.92. The predicted molar refractivity (Wildman–Crippen MR) is 77.2 cm³/mol. The van der Waals surface area contributed by atoms with Gasteiger partial charge < -0.3 is 16.2 Å². The molecule has 0 saturated heterocycles. The molecule has 1 atom stereocenters. The quantitative estimate of drug-likeness (QED) is 0.747. The van der Waals surface area contributed by atoms with E-state index < -0.39 is 5.97 Å². The van der Waals surface area contributed by atoms with E-state index in [-0.39, 0.29) is 29.6 Å². The lowest BCUT2D eigenvalue weighted by molar-refractivity contribution is -0.119. The van der Waals surface area contributed by atoms with Gasteiger partial charge in [-0.25, -0.2) is 4.79 Å². The highest BCUT2D eigenvalue weighted by atomic mass is 79.9. The molecule has 0 bridgehead atoms. The number of nitrogens with two attached hydrogens (primary N) is 1. The fraction of sp³-hybridized carbons (Fsp3) is 0.385. The molecular formula is C13H17BrN2O3. The van der Waals surface area contributed by atoms with E-state index in [9.17, 15) is 9.59 Å². The van der Waals surface area contributed by atoms with Crippen molar-refractivity contribution in [3.05, 3.63) is 28.2 Å². The van der Waals surface area contributed by atoms with Gasteiger partial charge in [0.1, 0.15) is 0 Å². The lowest BCUT2D eigenvalue weighted by atomic mass is 10.0. The Hall–Kier alpha value is -1.40. The molecule has 1 amide bonds. The van der Waals surface area contributed by atoms with Gasteiger partial charge in [-0.05, 0) is 24.6 Å². The van der Waals surface area contributed by atoms with Crippen LogP contribution in [0.25, 0.3) is 0 Å². The summed E-state index contributed by atoms with van der Waals surface area (Å²) in [6.45, 7) is 2.22.